The summed E-state index contributed by atoms with van der Waals surface area (Å²) in [6.07, 6.45) is 1.96. The van der Waals surface area contributed by atoms with Gasteiger partial charge in [-0.05, 0) is 55.2 Å². The van der Waals surface area contributed by atoms with E-state index < -0.39 is 10.0 Å². The average molecular weight is 458 g/mol. The summed E-state index contributed by atoms with van der Waals surface area (Å²) in [6, 6.07) is 23.7. The maximum Gasteiger partial charge on any atom is 0.243 e. The summed E-state index contributed by atoms with van der Waals surface area (Å²) in [6.45, 7) is 6.41. The van der Waals surface area contributed by atoms with Gasteiger partial charge >= 0.3 is 0 Å². The maximum absolute atomic E-state index is 13.3. The van der Waals surface area contributed by atoms with Crippen LogP contribution in [0.4, 0.5) is 0 Å². The predicted octanol–water partition coefficient (Wildman–Crippen LogP) is 5.65. The number of carbonyl (C=O) groups excluding carboxylic acids is 1. The standard InChI is InChI=1S/C28H27NO3S/c1-4-22-18-29(33(31,32)24-16-14-20(2)15-17-24)19-27(22)21(3)25-12-8-9-13-26(25)28(30)23-10-6-5-7-11-23/h4-17H,18-19H2,1-3H3/b22-4+,27-21-. The van der Waals surface area contributed by atoms with Crippen molar-refractivity contribution in [1.82, 2.24) is 4.31 Å². The van der Waals surface area contributed by atoms with E-state index in [2.05, 4.69) is 0 Å². The van der Waals surface area contributed by atoms with Crippen molar-refractivity contribution >= 4 is 21.4 Å². The normalized spacial score (nSPS) is 17.4. The summed E-state index contributed by atoms with van der Waals surface area (Å²) in [7, 11) is -3.63. The summed E-state index contributed by atoms with van der Waals surface area (Å²) in [5, 5.41) is 0. The quantitative estimate of drug-likeness (QED) is 0.465. The Morgan fingerprint density at radius 2 is 1.45 bits per heavy atom. The molecule has 1 saturated heterocycles. The molecule has 0 aliphatic carbocycles. The Labute approximate surface area is 195 Å². The van der Waals surface area contributed by atoms with Crippen molar-refractivity contribution in [2.75, 3.05) is 13.1 Å². The Morgan fingerprint density at radius 3 is 2.09 bits per heavy atom. The van der Waals surface area contributed by atoms with E-state index >= 15 is 0 Å². The van der Waals surface area contributed by atoms with Gasteiger partial charge in [0.1, 0.15) is 0 Å². The van der Waals surface area contributed by atoms with Gasteiger partial charge in [0.25, 0.3) is 0 Å². The molecule has 0 aromatic heterocycles. The molecule has 0 N–H and O–H groups in total. The molecule has 0 bridgehead atoms. The molecule has 0 atom stereocenters. The number of ketones is 1. The Bertz CT molecular complexity index is 1350. The Kier molecular flexibility index (Phi) is 6.45. The second-order valence-corrected chi connectivity index (χ2v) is 10.2. The van der Waals surface area contributed by atoms with E-state index in [0.29, 0.717) is 22.6 Å². The lowest BCUT2D eigenvalue weighted by Gasteiger charge is -2.16. The van der Waals surface area contributed by atoms with Crippen LogP contribution in [0.2, 0.25) is 0 Å². The maximum atomic E-state index is 13.3. The fourth-order valence-electron chi connectivity index (χ4n) is 4.19. The minimum atomic E-state index is -3.63. The third-order valence-electron chi connectivity index (χ3n) is 6.14. The molecule has 0 spiro atoms. The third kappa shape index (κ3) is 4.47. The molecule has 4 nitrogen and oxygen atoms in total. The molecule has 4 rings (SSSR count). The Balaban J connectivity index is 1.74. The zero-order valence-electron chi connectivity index (χ0n) is 19.1. The average Bonchev–Trinajstić information content (AvgIpc) is 3.29. The SMILES string of the molecule is C/C=C1\CN(S(=O)(=O)c2ccc(C)cc2)C\C1=C(/C)c1ccccc1C(=O)c1ccccc1. The summed E-state index contributed by atoms with van der Waals surface area (Å²) >= 11 is 0. The molecule has 33 heavy (non-hydrogen) atoms. The van der Waals surface area contributed by atoms with E-state index in [1.165, 1.54) is 4.31 Å². The first-order valence-electron chi connectivity index (χ1n) is 10.9. The molecular weight excluding hydrogens is 430 g/mol. The van der Waals surface area contributed by atoms with E-state index in [9.17, 15) is 13.2 Å². The van der Waals surface area contributed by atoms with E-state index in [1.54, 1.807) is 12.1 Å². The van der Waals surface area contributed by atoms with Crippen LogP contribution in [0.5, 0.6) is 0 Å². The van der Waals surface area contributed by atoms with Crippen molar-refractivity contribution in [3.63, 3.8) is 0 Å². The van der Waals surface area contributed by atoms with Crippen LogP contribution in [0.3, 0.4) is 0 Å². The first kappa shape index (κ1) is 22.9. The lowest BCUT2D eigenvalue weighted by molar-refractivity contribution is 0.103. The lowest BCUT2D eigenvalue weighted by Crippen LogP contribution is -2.28. The first-order valence-corrected chi connectivity index (χ1v) is 12.4. The number of rotatable bonds is 5. The van der Waals surface area contributed by atoms with Gasteiger partial charge in [-0.3, -0.25) is 4.79 Å². The van der Waals surface area contributed by atoms with Gasteiger partial charge in [-0.15, -0.1) is 0 Å². The number of hydrogen-bond donors (Lipinski definition) is 0. The van der Waals surface area contributed by atoms with Gasteiger partial charge in [0, 0.05) is 24.2 Å². The number of aryl methyl sites for hydroxylation is 1. The van der Waals surface area contributed by atoms with E-state index in [1.807, 2.05) is 93.6 Å². The molecule has 0 amide bonds. The van der Waals surface area contributed by atoms with Crippen molar-refractivity contribution in [2.45, 2.75) is 25.7 Å². The molecule has 168 valence electrons. The zero-order valence-corrected chi connectivity index (χ0v) is 19.9. The fraction of sp³-hybridized carbons (Fsp3) is 0.179. The van der Waals surface area contributed by atoms with E-state index in [4.69, 9.17) is 0 Å². The smallest absolute Gasteiger partial charge is 0.243 e. The van der Waals surface area contributed by atoms with Crippen LogP contribution in [0.15, 0.2) is 101 Å². The third-order valence-corrected chi connectivity index (χ3v) is 7.95. The summed E-state index contributed by atoms with van der Waals surface area (Å²) in [4.78, 5) is 13.5. The zero-order chi connectivity index (χ0) is 23.6. The van der Waals surface area contributed by atoms with Gasteiger partial charge < -0.3 is 0 Å². The Hall–Kier alpha value is -3.28. The topological polar surface area (TPSA) is 54.5 Å². The molecule has 1 aliphatic heterocycles. The molecule has 1 fully saturated rings. The van der Waals surface area contributed by atoms with Gasteiger partial charge in [-0.2, -0.15) is 4.31 Å². The molecular formula is C28H27NO3S. The highest BCUT2D eigenvalue weighted by Gasteiger charge is 2.33. The molecule has 0 unspecified atom stereocenters. The molecule has 3 aromatic carbocycles. The van der Waals surface area contributed by atoms with Crippen molar-refractivity contribution in [2.24, 2.45) is 0 Å². The lowest BCUT2D eigenvalue weighted by atomic mass is 9.90. The number of allylic oxidation sites excluding steroid dienone is 2. The second kappa shape index (κ2) is 9.30. The van der Waals surface area contributed by atoms with Crippen LogP contribution in [0.25, 0.3) is 5.57 Å². The molecule has 3 aromatic rings. The predicted molar refractivity (Wildman–Crippen MR) is 133 cm³/mol. The summed E-state index contributed by atoms with van der Waals surface area (Å²) < 4.78 is 28.1. The number of sulfonamides is 1. The highest BCUT2D eigenvalue weighted by Crippen LogP contribution is 2.34. The van der Waals surface area contributed by atoms with E-state index in [0.717, 1.165) is 27.8 Å². The van der Waals surface area contributed by atoms with Crippen molar-refractivity contribution in [3.8, 4) is 0 Å². The Morgan fingerprint density at radius 1 is 0.848 bits per heavy atom. The molecule has 1 aliphatic rings. The van der Waals surface area contributed by atoms with Crippen LogP contribution in [0.1, 0.15) is 40.9 Å². The minimum absolute atomic E-state index is 0.0460. The van der Waals surface area contributed by atoms with Gasteiger partial charge in [-0.1, -0.05) is 78.4 Å². The van der Waals surface area contributed by atoms with Crippen LogP contribution in [0, 0.1) is 6.92 Å². The number of carbonyl (C=O) groups is 1. The monoisotopic (exact) mass is 457 g/mol. The largest absolute Gasteiger partial charge is 0.289 e. The number of nitrogens with zero attached hydrogens (tertiary/aromatic N) is 1. The molecule has 5 heteroatoms. The van der Waals surface area contributed by atoms with Crippen LogP contribution >= 0.6 is 0 Å². The fourth-order valence-corrected chi connectivity index (χ4v) is 5.58. The second-order valence-electron chi connectivity index (χ2n) is 8.24. The van der Waals surface area contributed by atoms with Gasteiger partial charge in [-0.25, -0.2) is 8.42 Å². The number of hydrogen-bond acceptors (Lipinski definition) is 3. The van der Waals surface area contributed by atoms with Gasteiger partial charge in [0.15, 0.2) is 5.78 Å². The van der Waals surface area contributed by atoms with Crippen molar-refractivity contribution < 1.29 is 13.2 Å². The van der Waals surface area contributed by atoms with E-state index in [-0.39, 0.29) is 12.3 Å². The van der Waals surface area contributed by atoms with Gasteiger partial charge in [0.05, 0.1) is 4.90 Å². The summed E-state index contributed by atoms with van der Waals surface area (Å²) in [5.41, 5.74) is 5.92. The highest BCUT2D eigenvalue weighted by atomic mass is 32.2. The van der Waals surface area contributed by atoms with Crippen LogP contribution in [-0.4, -0.2) is 31.6 Å². The van der Waals surface area contributed by atoms with Crippen LogP contribution in [-0.2, 0) is 10.0 Å². The minimum Gasteiger partial charge on any atom is -0.289 e. The van der Waals surface area contributed by atoms with Gasteiger partial charge in [0.2, 0.25) is 10.0 Å². The highest BCUT2D eigenvalue weighted by molar-refractivity contribution is 7.89. The van der Waals surface area contributed by atoms with Crippen molar-refractivity contribution in [1.29, 1.82) is 0 Å². The summed E-state index contributed by atoms with van der Waals surface area (Å²) in [5.74, 6) is -0.0460. The molecule has 1 heterocycles. The number of benzene rings is 3. The van der Waals surface area contributed by atoms with Crippen LogP contribution < -0.4 is 0 Å². The van der Waals surface area contributed by atoms with Crippen molar-refractivity contribution in [3.05, 3.63) is 118 Å². The first-order chi connectivity index (χ1) is 15.8. The molecule has 0 radical (unpaired) electrons. The molecule has 0 saturated carbocycles.